The molecule has 0 aromatic carbocycles. The largest absolute Gasteiger partial charge is 0.486 e. The van der Waals surface area contributed by atoms with Crippen molar-refractivity contribution in [2.75, 3.05) is 13.1 Å². The number of amides is 1. The first-order valence-electron chi connectivity index (χ1n) is 8.13. The molecule has 1 saturated carbocycles. The van der Waals surface area contributed by atoms with E-state index in [0.717, 1.165) is 18.5 Å². The molecule has 2 fully saturated rings. The summed E-state index contributed by atoms with van der Waals surface area (Å²) in [7, 11) is 0. The number of aryl methyl sites for hydroxylation is 2. The van der Waals surface area contributed by atoms with Gasteiger partial charge in [-0.1, -0.05) is 5.16 Å². The average molecular weight is 329 g/mol. The van der Waals surface area contributed by atoms with Gasteiger partial charge in [0.25, 0.3) is 11.5 Å². The van der Waals surface area contributed by atoms with Crippen LogP contribution in [0.15, 0.2) is 27.5 Å². The van der Waals surface area contributed by atoms with E-state index in [9.17, 15) is 9.59 Å². The molecule has 2 aromatic rings. The molecule has 2 aromatic heterocycles. The summed E-state index contributed by atoms with van der Waals surface area (Å²) in [6.07, 6.45) is 2.04. The lowest BCUT2D eigenvalue weighted by Gasteiger charge is -2.38. The van der Waals surface area contributed by atoms with Crippen molar-refractivity contribution in [2.24, 2.45) is 0 Å². The number of ether oxygens (including phenoxy) is 1. The van der Waals surface area contributed by atoms with Crippen LogP contribution in [-0.4, -0.2) is 39.7 Å². The van der Waals surface area contributed by atoms with Gasteiger partial charge < -0.3 is 18.7 Å². The molecule has 0 N–H and O–H groups in total. The molecule has 0 radical (unpaired) electrons. The van der Waals surface area contributed by atoms with Gasteiger partial charge in [0, 0.05) is 23.9 Å². The Balaban J connectivity index is 1.38. The van der Waals surface area contributed by atoms with Crippen LogP contribution < -0.4 is 10.3 Å². The Morgan fingerprint density at radius 2 is 2.00 bits per heavy atom. The summed E-state index contributed by atoms with van der Waals surface area (Å²) in [5.41, 5.74) is 1.22. The summed E-state index contributed by atoms with van der Waals surface area (Å²) in [4.78, 5) is 26.0. The standard InChI is InChI=1S/C17H19N3O4/c1-10-5-13(7-16(21)20(10)12-3-4-12)23-14-8-19(9-14)17(22)15-6-11(2)24-18-15/h5-7,12,14H,3-4,8-9H2,1-2H3. The topological polar surface area (TPSA) is 77.6 Å². The molecular formula is C17H19N3O4. The van der Waals surface area contributed by atoms with E-state index in [1.165, 1.54) is 6.07 Å². The molecule has 1 aliphatic carbocycles. The van der Waals surface area contributed by atoms with Crippen LogP contribution in [0.25, 0.3) is 0 Å². The normalized spacial score (nSPS) is 17.7. The minimum absolute atomic E-state index is 0.0159. The third-order valence-corrected chi connectivity index (χ3v) is 4.43. The molecule has 0 unspecified atom stereocenters. The predicted octanol–water partition coefficient (Wildman–Crippen LogP) is 1.69. The second kappa shape index (κ2) is 5.51. The van der Waals surface area contributed by atoms with E-state index < -0.39 is 0 Å². The zero-order valence-electron chi connectivity index (χ0n) is 13.7. The summed E-state index contributed by atoms with van der Waals surface area (Å²) in [5, 5.41) is 3.73. The monoisotopic (exact) mass is 329 g/mol. The lowest BCUT2D eigenvalue weighted by molar-refractivity contribution is 0.0169. The fourth-order valence-electron chi connectivity index (χ4n) is 3.05. The van der Waals surface area contributed by atoms with Crippen molar-refractivity contribution < 1.29 is 14.1 Å². The number of aromatic nitrogens is 2. The highest BCUT2D eigenvalue weighted by atomic mass is 16.5. The molecule has 0 atom stereocenters. The van der Waals surface area contributed by atoms with Crippen LogP contribution in [0.1, 0.15) is 40.8 Å². The van der Waals surface area contributed by atoms with Gasteiger partial charge in [-0.25, -0.2) is 0 Å². The Kier molecular flexibility index (Phi) is 3.44. The van der Waals surface area contributed by atoms with Crippen LogP contribution in [0, 0.1) is 13.8 Å². The van der Waals surface area contributed by atoms with Gasteiger partial charge in [-0.05, 0) is 32.8 Å². The first-order valence-corrected chi connectivity index (χ1v) is 8.13. The van der Waals surface area contributed by atoms with Gasteiger partial charge in [0.05, 0.1) is 13.1 Å². The molecule has 2 aliphatic rings. The molecular weight excluding hydrogens is 310 g/mol. The molecule has 126 valence electrons. The van der Waals surface area contributed by atoms with Crippen molar-refractivity contribution in [1.29, 1.82) is 0 Å². The smallest absolute Gasteiger partial charge is 0.276 e. The summed E-state index contributed by atoms with van der Waals surface area (Å²) < 4.78 is 12.6. The maximum absolute atomic E-state index is 12.2. The van der Waals surface area contributed by atoms with E-state index in [-0.39, 0.29) is 17.6 Å². The number of hydrogen-bond donors (Lipinski definition) is 0. The number of likely N-dealkylation sites (tertiary alicyclic amines) is 1. The third-order valence-electron chi connectivity index (χ3n) is 4.43. The van der Waals surface area contributed by atoms with Crippen molar-refractivity contribution in [2.45, 2.75) is 38.8 Å². The van der Waals surface area contributed by atoms with Gasteiger partial charge in [-0.15, -0.1) is 0 Å². The van der Waals surface area contributed by atoms with Crippen LogP contribution in [0.2, 0.25) is 0 Å². The molecule has 1 saturated heterocycles. The summed E-state index contributed by atoms with van der Waals surface area (Å²) >= 11 is 0. The predicted molar refractivity (Wildman–Crippen MR) is 85.3 cm³/mol. The van der Waals surface area contributed by atoms with E-state index in [4.69, 9.17) is 9.26 Å². The minimum atomic E-state index is -0.160. The number of hydrogen-bond acceptors (Lipinski definition) is 5. The van der Waals surface area contributed by atoms with Gasteiger partial charge in [0.2, 0.25) is 0 Å². The van der Waals surface area contributed by atoms with E-state index in [0.29, 0.717) is 36.3 Å². The van der Waals surface area contributed by atoms with E-state index in [2.05, 4.69) is 5.16 Å². The summed E-state index contributed by atoms with van der Waals surface area (Å²) in [6.45, 7) is 4.64. The van der Waals surface area contributed by atoms with Crippen molar-refractivity contribution in [3.63, 3.8) is 0 Å². The van der Waals surface area contributed by atoms with E-state index in [1.54, 1.807) is 17.9 Å². The van der Waals surface area contributed by atoms with Gasteiger partial charge in [0.1, 0.15) is 17.6 Å². The van der Waals surface area contributed by atoms with Crippen LogP contribution in [0.4, 0.5) is 0 Å². The zero-order valence-corrected chi connectivity index (χ0v) is 13.7. The number of carbonyl (C=O) groups excluding carboxylic acids is 1. The van der Waals surface area contributed by atoms with Crippen molar-refractivity contribution in [1.82, 2.24) is 14.6 Å². The maximum Gasteiger partial charge on any atom is 0.276 e. The molecule has 1 amide bonds. The molecule has 7 nitrogen and oxygen atoms in total. The lowest BCUT2D eigenvalue weighted by Crippen LogP contribution is -2.56. The third kappa shape index (κ3) is 2.70. The highest BCUT2D eigenvalue weighted by Gasteiger charge is 2.34. The molecule has 7 heteroatoms. The quantitative estimate of drug-likeness (QED) is 0.853. The summed E-state index contributed by atoms with van der Waals surface area (Å²) in [5.74, 6) is 1.02. The second-order valence-electron chi connectivity index (χ2n) is 6.54. The number of carbonyl (C=O) groups is 1. The Morgan fingerprint density at radius 1 is 1.25 bits per heavy atom. The van der Waals surface area contributed by atoms with Crippen LogP contribution in [-0.2, 0) is 0 Å². The van der Waals surface area contributed by atoms with Crippen LogP contribution in [0.5, 0.6) is 5.75 Å². The minimum Gasteiger partial charge on any atom is -0.486 e. The van der Waals surface area contributed by atoms with E-state index >= 15 is 0 Å². The summed E-state index contributed by atoms with van der Waals surface area (Å²) in [6, 6.07) is 5.41. The highest BCUT2D eigenvalue weighted by molar-refractivity contribution is 5.92. The Labute approximate surface area is 138 Å². The van der Waals surface area contributed by atoms with Gasteiger partial charge in [-0.2, -0.15) is 0 Å². The second-order valence-corrected chi connectivity index (χ2v) is 6.54. The molecule has 0 bridgehead atoms. The Hall–Kier alpha value is -2.57. The number of rotatable bonds is 4. The fraction of sp³-hybridized carbons (Fsp3) is 0.471. The average Bonchev–Trinajstić information content (AvgIpc) is 3.21. The molecule has 4 rings (SSSR count). The molecule has 3 heterocycles. The number of pyridine rings is 1. The highest BCUT2D eigenvalue weighted by Crippen LogP contribution is 2.35. The van der Waals surface area contributed by atoms with Crippen LogP contribution >= 0.6 is 0 Å². The van der Waals surface area contributed by atoms with Crippen molar-refractivity contribution in [3.8, 4) is 5.75 Å². The zero-order chi connectivity index (χ0) is 16.8. The van der Waals surface area contributed by atoms with Gasteiger partial charge >= 0.3 is 0 Å². The first kappa shape index (κ1) is 15.0. The molecule has 1 aliphatic heterocycles. The fourth-order valence-corrected chi connectivity index (χ4v) is 3.05. The Bertz CT molecular complexity index is 844. The lowest BCUT2D eigenvalue weighted by atomic mass is 10.1. The SMILES string of the molecule is Cc1cc(C(=O)N2CC(Oc3cc(C)n(C4CC4)c(=O)c3)C2)no1. The van der Waals surface area contributed by atoms with E-state index in [1.807, 2.05) is 17.6 Å². The number of nitrogens with zero attached hydrogens (tertiary/aromatic N) is 3. The van der Waals surface area contributed by atoms with Gasteiger partial charge in [0.15, 0.2) is 5.69 Å². The molecule has 0 spiro atoms. The maximum atomic E-state index is 12.2. The Morgan fingerprint density at radius 3 is 2.58 bits per heavy atom. The van der Waals surface area contributed by atoms with Gasteiger partial charge in [-0.3, -0.25) is 9.59 Å². The molecule has 24 heavy (non-hydrogen) atoms. The van der Waals surface area contributed by atoms with Crippen molar-refractivity contribution in [3.05, 3.63) is 45.7 Å². The van der Waals surface area contributed by atoms with Crippen LogP contribution in [0.3, 0.4) is 0 Å². The van der Waals surface area contributed by atoms with Crippen molar-refractivity contribution >= 4 is 5.91 Å². The first-order chi connectivity index (χ1) is 11.5.